The van der Waals surface area contributed by atoms with Crippen molar-refractivity contribution >= 4 is 0 Å². The molecule has 0 radical (unpaired) electrons. The summed E-state index contributed by atoms with van der Waals surface area (Å²) in [5.74, 6) is 5.51. The van der Waals surface area contributed by atoms with Crippen LogP contribution in [0, 0.1) is 52.3 Å². The molecule has 0 bridgehead atoms. The van der Waals surface area contributed by atoms with Crippen LogP contribution in [0.2, 0.25) is 0 Å². The summed E-state index contributed by atoms with van der Waals surface area (Å²) in [4.78, 5) is 0. The van der Waals surface area contributed by atoms with E-state index in [1.165, 1.54) is 51.4 Å². The van der Waals surface area contributed by atoms with Crippen molar-refractivity contribution in [1.82, 2.24) is 0 Å². The fraction of sp³-hybridized carbons (Fsp3) is 1.00. The van der Waals surface area contributed by atoms with Crippen LogP contribution >= 0.6 is 0 Å². The molecule has 0 aliphatic heterocycles. The molecular weight excluding hydrogens is 356 g/mol. The summed E-state index contributed by atoms with van der Waals surface area (Å²) < 4.78 is 0. The van der Waals surface area contributed by atoms with E-state index < -0.39 is 0 Å². The number of hydrogen-bond acceptors (Lipinski definition) is 2. The lowest BCUT2D eigenvalue weighted by molar-refractivity contribution is -0.129. The lowest BCUT2D eigenvalue weighted by atomic mass is 9.44. The van der Waals surface area contributed by atoms with Gasteiger partial charge < -0.3 is 10.2 Å². The lowest BCUT2D eigenvalue weighted by Crippen LogP contribution is -2.54. The first-order valence-corrected chi connectivity index (χ1v) is 13.0. The van der Waals surface area contributed by atoms with E-state index in [0.717, 1.165) is 54.8 Å². The van der Waals surface area contributed by atoms with Gasteiger partial charge in [0.05, 0.1) is 12.2 Å². The van der Waals surface area contributed by atoms with Gasteiger partial charge in [-0.2, -0.15) is 0 Å². The third-order valence-corrected chi connectivity index (χ3v) is 11.1. The molecule has 0 amide bonds. The lowest BCUT2D eigenvalue weighted by Gasteiger charge is -2.61. The Balaban J connectivity index is 1.46. The summed E-state index contributed by atoms with van der Waals surface area (Å²) in [7, 11) is 0. The molecule has 4 aliphatic carbocycles. The maximum Gasteiger partial charge on any atom is 0.0563 e. The van der Waals surface area contributed by atoms with Gasteiger partial charge in [-0.05, 0) is 123 Å². The Hall–Kier alpha value is -0.0800. The van der Waals surface area contributed by atoms with Gasteiger partial charge in [0.25, 0.3) is 0 Å². The monoisotopic (exact) mass is 404 g/mol. The second-order valence-electron chi connectivity index (χ2n) is 12.7. The SMILES string of the molecule is CC(C)C(O)CC[C@@H](C)C1CC[C@H]2[C@@H]3CC[C@@H]4C[C@@H](O)CC[C@]4(C)[C@H]3CC[C@]12C. The summed E-state index contributed by atoms with van der Waals surface area (Å²) >= 11 is 0. The van der Waals surface area contributed by atoms with Gasteiger partial charge in [0.15, 0.2) is 0 Å². The summed E-state index contributed by atoms with van der Waals surface area (Å²) in [6.07, 6.45) is 13.9. The molecule has 0 spiro atoms. The number of aliphatic hydroxyl groups is 2. The molecule has 168 valence electrons. The van der Waals surface area contributed by atoms with Crippen LogP contribution in [0.3, 0.4) is 0 Å². The number of aliphatic hydroxyl groups excluding tert-OH is 2. The van der Waals surface area contributed by atoms with Crippen LogP contribution in [0.25, 0.3) is 0 Å². The quantitative estimate of drug-likeness (QED) is 0.553. The molecule has 2 unspecified atom stereocenters. The van der Waals surface area contributed by atoms with Crippen LogP contribution in [0.15, 0.2) is 0 Å². The Kier molecular flexibility index (Phi) is 6.19. The standard InChI is InChI=1S/C27H48O2/c1-17(2)25(29)11-6-18(3)22-9-10-23-21-8-7-19-16-20(28)12-14-26(19,4)24(21)13-15-27(22,23)5/h17-25,28-29H,6-16H2,1-5H3/t18-,19-,20+,21+,22?,23+,24+,25?,26+,27-/m1/s1. The van der Waals surface area contributed by atoms with Crippen LogP contribution in [0.5, 0.6) is 0 Å². The summed E-state index contributed by atoms with van der Waals surface area (Å²) in [5, 5.41) is 20.6. The highest BCUT2D eigenvalue weighted by molar-refractivity contribution is 5.09. The normalized spacial score (nSPS) is 49.2. The van der Waals surface area contributed by atoms with E-state index in [-0.39, 0.29) is 12.2 Å². The van der Waals surface area contributed by atoms with Crippen molar-refractivity contribution in [2.45, 2.75) is 117 Å². The van der Waals surface area contributed by atoms with Crippen molar-refractivity contribution in [2.24, 2.45) is 52.3 Å². The molecule has 10 atom stereocenters. The molecule has 2 heteroatoms. The zero-order valence-electron chi connectivity index (χ0n) is 19.9. The van der Waals surface area contributed by atoms with E-state index in [1.54, 1.807) is 0 Å². The first-order chi connectivity index (χ1) is 13.7. The molecule has 4 saturated carbocycles. The van der Waals surface area contributed by atoms with Crippen molar-refractivity contribution < 1.29 is 10.2 Å². The highest BCUT2D eigenvalue weighted by Gasteiger charge is 2.60. The van der Waals surface area contributed by atoms with E-state index in [4.69, 9.17) is 0 Å². The Morgan fingerprint density at radius 3 is 2.24 bits per heavy atom. The Morgan fingerprint density at radius 1 is 0.828 bits per heavy atom. The minimum Gasteiger partial charge on any atom is -0.393 e. The van der Waals surface area contributed by atoms with Crippen molar-refractivity contribution in [1.29, 1.82) is 0 Å². The number of fused-ring (bicyclic) bond motifs is 5. The molecule has 0 aromatic heterocycles. The molecule has 0 aromatic carbocycles. The van der Waals surface area contributed by atoms with Gasteiger partial charge >= 0.3 is 0 Å². The molecular formula is C27H48O2. The maximum absolute atomic E-state index is 10.3. The molecule has 0 heterocycles. The average molecular weight is 405 g/mol. The van der Waals surface area contributed by atoms with Gasteiger partial charge in [-0.1, -0.05) is 34.6 Å². The van der Waals surface area contributed by atoms with Gasteiger partial charge in [0, 0.05) is 0 Å². The van der Waals surface area contributed by atoms with Crippen LogP contribution in [0.4, 0.5) is 0 Å². The van der Waals surface area contributed by atoms with Crippen LogP contribution in [0.1, 0.15) is 105 Å². The maximum atomic E-state index is 10.3. The van der Waals surface area contributed by atoms with Gasteiger partial charge in [-0.3, -0.25) is 0 Å². The molecule has 0 saturated heterocycles. The second kappa shape index (κ2) is 8.12. The molecule has 4 aliphatic rings. The van der Waals surface area contributed by atoms with Crippen molar-refractivity contribution in [3.8, 4) is 0 Å². The molecule has 4 rings (SSSR count). The number of hydrogen-bond donors (Lipinski definition) is 2. The van der Waals surface area contributed by atoms with Crippen molar-refractivity contribution in [2.75, 3.05) is 0 Å². The molecule has 2 N–H and O–H groups in total. The zero-order chi connectivity index (χ0) is 21.0. The highest BCUT2D eigenvalue weighted by atomic mass is 16.3. The predicted octanol–water partition coefficient (Wildman–Crippen LogP) is 6.44. The topological polar surface area (TPSA) is 40.5 Å². The predicted molar refractivity (Wildman–Crippen MR) is 120 cm³/mol. The molecule has 0 aromatic rings. The summed E-state index contributed by atoms with van der Waals surface area (Å²) in [5.41, 5.74) is 1.02. The minimum absolute atomic E-state index is 0.0311. The van der Waals surface area contributed by atoms with Gasteiger partial charge in [-0.25, -0.2) is 0 Å². The van der Waals surface area contributed by atoms with E-state index >= 15 is 0 Å². The van der Waals surface area contributed by atoms with E-state index in [9.17, 15) is 10.2 Å². The van der Waals surface area contributed by atoms with Crippen LogP contribution in [-0.2, 0) is 0 Å². The Bertz CT molecular complexity index is 573. The Morgan fingerprint density at radius 2 is 1.52 bits per heavy atom. The molecule has 29 heavy (non-hydrogen) atoms. The number of rotatable bonds is 5. The van der Waals surface area contributed by atoms with Crippen molar-refractivity contribution in [3.05, 3.63) is 0 Å². The third kappa shape index (κ3) is 3.73. The van der Waals surface area contributed by atoms with Crippen molar-refractivity contribution in [3.63, 3.8) is 0 Å². The first kappa shape index (κ1) is 22.1. The average Bonchev–Trinajstić information content (AvgIpc) is 3.03. The highest BCUT2D eigenvalue weighted by Crippen LogP contribution is 2.68. The smallest absolute Gasteiger partial charge is 0.0563 e. The molecule has 4 fully saturated rings. The third-order valence-electron chi connectivity index (χ3n) is 11.1. The van der Waals surface area contributed by atoms with E-state index in [1.807, 2.05) is 0 Å². The van der Waals surface area contributed by atoms with Crippen LogP contribution < -0.4 is 0 Å². The zero-order valence-corrected chi connectivity index (χ0v) is 19.9. The molecule has 2 nitrogen and oxygen atoms in total. The fourth-order valence-electron chi connectivity index (χ4n) is 9.18. The van der Waals surface area contributed by atoms with E-state index in [0.29, 0.717) is 16.7 Å². The fourth-order valence-corrected chi connectivity index (χ4v) is 9.18. The van der Waals surface area contributed by atoms with Gasteiger partial charge in [-0.15, -0.1) is 0 Å². The van der Waals surface area contributed by atoms with Gasteiger partial charge in [0.2, 0.25) is 0 Å². The largest absolute Gasteiger partial charge is 0.393 e. The first-order valence-electron chi connectivity index (χ1n) is 13.0. The summed E-state index contributed by atoms with van der Waals surface area (Å²) in [6.45, 7) is 12.0. The van der Waals surface area contributed by atoms with Gasteiger partial charge in [0.1, 0.15) is 0 Å². The second-order valence-corrected chi connectivity index (χ2v) is 12.7. The summed E-state index contributed by atoms with van der Waals surface area (Å²) in [6, 6.07) is 0. The Labute approximate surface area is 180 Å². The van der Waals surface area contributed by atoms with Crippen LogP contribution in [-0.4, -0.2) is 22.4 Å². The minimum atomic E-state index is -0.130. The van der Waals surface area contributed by atoms with E-state index in [2.05, 4.69) is 34.6 Å².